The number of likely N-dealkylation sites (tertiary alicyclic amines) is 2. The fraction of sp³-hybridized carbons (Fsp3) is 0.561. The van der Waals surface area contributed by atoms with Crippen molar-refractivity contribution in [1.82, 2.24) is 45.1 Å². The first-order chi connectivity index (χ1) is 27.0. The molecule has 4 aromatic rings. The molecule has 1 aliphatic carbocycles. The molecule has 306 valence electrons. The SMILES string of the molecule is CC(C)(C)OC(=O)N1CCC(CN2CCC(n3cc(Nc4ccc(-c5ccc([C@H]6C[C@@H]6C(=O)NCc6nc(C(C)(C)C(F)(F)F)n[nH]6)cc5)cn4)cn3)CC2)CC1. The first-order valence-electron chi connectivity index (χ1n) is 19.9. The summed E-state index contributed by atoms with van der Waals surface area (Å²) in [5.41, 5.74) is 1.25. The quantitative estimate of drug-likeness (QED) is 0.142. The molecule has 2 amide bonds. The molecule has 3 fully saturated rings. The second-order valence-corrected chi connectivity index (χ2v) is 17.2. The van der Waals surface area contributed by atoms with Crippen LogP contribution in [0.5, 0.6) is 0 Å². The van der Waals surface area contributed by atoms with Crippen LogP contribution in [0.2, 0.25) is 0 Å². The van der Waals surface area contributed by atoms with Crippen molar-refractivity contribution < 1.29 is 27.5 Å². The minimum atomic E-state index is -4.50. The summed E-state index contributed by atoms with van der Waals surface area (Å²) in [6, 6.07) is 12.4. The number of aromatic nitrogens is 6. The lowest BCUT2D eigenvalue weighted by Gasteiger charge is -2.38. The third-order valence-electron chi connectivity index (χ3n) is 11.4. The number of halogens is 3. The molecule has 0 bridgehead atoms. The Labute approximate surface area is 331 Å². The molecule has 57 heavy (non-hydrogen) atoms. The minimum Gasteiger partial charge on any atom is -0.444 e. The Kier molecular flexibility index (Phi) is 11.4. The van der Waals surface area contributed by atoms with Crippen molar-refractivity contribution in [2.24, 2.45) is 11.8 Å². The van der Waals surface area contributed by atoms with Crippen molar-refractivity contribution in [2.75, 3.05) is 38.0 Å². The number of pyridine rings is 1. The molecule has 2 aliphatic heterocycles. The van der Waals surface area contributed by atoms with Gasteiger partial charge in [-0.05, 0) is 102 Å². The van der Waals surface area contributed by atoms with Gasteiger partial charge in [-0.25, -0.2) is 14.8 Å². The highest BCUT2D eigenvalue weighted by Crippen LogP contribution is 2.48. The molecule has 7 rings (SSSR count). The Hall–Kier alpha value is -4.99. The van der Waals surface area contributed by atoms with Crippen LogP contribution in [-0.4, -0.2) is 96.2 Å². The predicted molar refractivity (Wildman–Crippen MR) is 209 cm³/mol. The average Bonchev–Trinajstić information content (AvgIpc) is 3.58. The molecule has 1 aromatic carbocycles. The number of H-pyrrole nitrogens is 1. The number of anilines is 2. The van der Waals surface area contributed by atoms with Crippen molar-refractivity contribution in [3.05, 3.63) is 72.2 Å². The molecule has 3 aliphatic rings. The number of carbonyl (C=O) groups is 2. The van der Waals surface area contributed by atoms with Crippen LogP contribution in [-0.2, 0) is 21.5 Å². The highest BCUT2D eigenvalue weighted by Gasteiger charge is 2.51. The number of amides is 2. The van der Waals surface area contributed by atoms with E-state index >= 15 is 0 Å². The third kappa shape index (κ3) is 9.77. The maximum atomic E-state index is 13.3. The minimum absolute atomic E-state index is 0.0240. The topological polar surface area (TPSA) is 146 Å². The number of carbonyl (C=O) groups excluding carboxylic acids is 2. The lowest BCUT2D eigenvalue weighted by Crippen LogP contribution is -2.45. The van der Waals surface area contributed by atoms with Crippen LogP contribution in [0.1, 0.15) is 95.9 Å². The number of nitrogens with one attached hydrogen (secondary N) is 3. The third-order valence-corrected chi connectivity index (χ3v) is 11.4. The Morgan fingerprint density at radius 3 is 2.26 bits per heavy atom. The summed E-state index contributed by atoms with van der Waals surface area (Å²) >= 11 is 0. The van der Waals surface area contributed by atoms with Crippen LogP contribution in [0.15, 0.2) is 55.0 Å². The van der Waals surface area contributed by atoms with Crippen molar-refractivity contribution in [1.29, 1.82) is 0 Å². The van der Waals surface area contributed by atoms with Crippen LogP contribution in [0.4, 0.5) is 29.5 Å². The number of aromatic amines is 1. The van der Waals surface area contributed by atoms with Gasteiger partial charge in [0.1, 0.15) is 22.7 Å². The summed E-state index contributed by atoms with van der Waals surface area (Å²) in [5.74, 6) is 0.846. The zero-order valence-corrected chi connectivity index (χ0v) is 33.3. The van der Waals surface area contributed by atoms with E-state index in [4.69, 9.17) is 4.74 Å². The highest BCUT2D eigenvalue weighted by molar-refractivity contribution is 5.83. The Balaban J connectivity index is 0.826. The van der Waals surface area contributed by atoms with Crippen molar-refractivity contribution in [3.8, 4) is 11.1 Å². The number of alkyl halides is 3. The van der Waals surface area contributed by atoms with Crippen LogP contribution < -0.4 is 10.6 Å². The molecule has 3 N–H and O–H groups in total. The Morgan fingerprint density at radius 1 is 0.912 bits per heavy atom. The largest absolute Gasteiger partial charge is 0.444 e. The van der Waals surface area contributed by atoms with E-state index in [9.17, 15) is 22.8 Å². The number of hydrogen-bond acceptors (Lipinski definition) is 9. The van der Waals surface area contributed by atoms with Gasteiger partial charge >= 0.3 is 12.3 Å². The van der Waals surface area contributed by atoms with Gasteiger partial charge in [0.15, 0.2) is 5.82 Å². The van der Waals surface area contributed by atoms with Gasteiger partial charge in [-0.2, -0.15) is 23.4 Å². The summed E-state index contributed by atoms with van der Waals surface area (Å²) in [6.07, 6.45) is 5.82. The van der Waals surface area contributed by atoms with Gasteiger partial charge in [0, 0.05) is 56.6 Å². The number of nitrogens with zero attached hydrogens (tertiary/aromatic N) is 7. The summed E-state index contributed by atoms with van der Waals surface area (Å²) in [5, 5.41) is 17.1. The maximum absolute atomic E-state index is 13.3. The summed E-state index contributed by atoms with van der Waals surface area (Å²) in [6.45, 7) is 12.4. The van der Waals surface area contributed by atoms with E-state index in [0.717, 1.165) is 100 Å². The molecule has 0 radical (unpaired) electrons. The highest BCUT2D eigenvalue weighted by atomic mass is 19.4. The fourth-order valence-corrected chi connectivity index (χ4v) is 7.60. The Bertz CT molecular complexity index is 1990. The maximum Gasteiger partial charge on any atom is 0.410 e. The van der Waals surface area contributed by atoms with E-state index in [2.05, 4.69) is 51.7 Å². The van der Waals surface area contributed by atoms with Crippen LogP contribution >= 0.6 is 0 Å². The van der Waals surface area contributed by atoms with Crippen molar-refractivity contribution >= 4 is 23.5 Å². The van der Waals surface area contributed by atoms with Gasteiger partial charge in [0.25, 0.3) is 0 Å². The summed E-state index contributed by atoms with van der Waals surface area (Å²) in [4.78, 5) is 38.2. The normalized spacial score (nSPS) is 20.0. The van der Waals surface area contributed by atoms with Crippen LogP contribution in [0, 0.1) is 11.8 Å². The van der Waals surface area contributed by atoms with Gasteiger partial charge in [0.05, 0.1) is 24.5 Å². The second-order valence-electron chi connectivity index (χ2n) is 17.2. The molecule has 1 saturated carbocycles. The number of rotatable bonds is 11. The molecule has 0 unspecified atom stereocenters. The molecule has 2 atom stereocenters. The van der Waals surface area contributed by atoms with Crippen molar-refractivity contribution in [2.45, 2.75) is 102 Å². The summed E-state index contributed by atoms with van der Waals surface area (Å²) < 4.78 is 47.6. The lowest BCUT2D eigenvalue weighted by molar-refractivity contribution is -0.182. The molecule has 5 heterocycles. The number of ether oxygens (including phenoxy) is 1. The number of piperidine rings is 2. The van der Waals surface area contributed by atoms with E-state index in [0.29, 0.717) is 18.4 Å². The van der Waals surface area contributed by atoms with Crippen LogP contribution in [0.3, 0.4) is 0 Å². The molecule has 3 aromatic heterocycles. The van der Waals surface area contributed by atoms with Crippen LogP contribution in [0.25, 0.3) is 11.1 Å². The first-order valence-corrected chi connectivity index (χ1v) is 19.9. The van der Waals surface area contributed by atoms with E-state index < -0.39 is 17.2 Å². The zero-order chi connectivity index (χ0) is 40.5. The molecule has 13 nitrogen and oxygen atoms in total. The monoisotopic (exact) mass is 790 g/mol. The molecular formula is C41H53F3N10O3. The van der Waals surface area contributed by atoms with Gasteiger partial charge in [-0.3, -0.25) is 14.6 Å². The van der Waals surface area contributed by atoms with E-state index in [-0.39, 0.29) is 42.0 Å². The first kappa shape index (κ1) is 40.2. The molecule has 16 heteroatoms. The van der Waals surface area contributed by atoms with E-state index in [1.165, 1.54) is 0 Å². The summed E-state index contributed by atoms with van der Waals surface area (Å²) in [7, 11) is 0. The standard InChI is InChI=1S/C41H53F3N10O3/c1-39(2,3)57-38(56)53-18-12-26(13-19-53)24-52-16-14-31(15-17-52)54-25-30(22-47-54)48-34-11-10-29(21-45-34)27-6-8-28(9-7-27)32-20-33(32)36(55)46-23-35-49-37(51-50-35)40(4,5)41(42,43)44/h6-11,21-22,25-26,31-33H,12-20,23-24H2,1-5H3,(H,45,48)(H,46,55)(H,49,50,51)/t32-,33+/m1/s1. The van der Waals surface area contributed by atoms with Gasteiger partial charge in [0.2, 0.25) is 5.91 Å². The predicted octanol–water partition coefficient (Wildman–Crippen LogP) is 7.35. The van der Waals surface area contributed by atoms with Gasteiger partial charge in [-0.1, -0.05) is 24.3 Å². The zero-order valence-electron chi connectivity index (χ0n) is 33.3. The molecule has 2 saturated heterocycles. The Morgan fingerprint density at radius 2 is 1.61 bits per heavy atom. The van der Waals surface area contributed by atoms with Gasteiger partial charge in [-0.15, -0.1) is 0 Å². The molecule has 0 spiro atoms. The van der Waals surface area contributed by atoms with E-state index in [1.807, 2.05) is 74.5 Å². The second kappa shape index (κ2) is 16.1. The van der Waals surface area contributed by atoms with Crippen molar-refractivity contribution in [3.63, 3.8) is 0 Å². The smallest absolute Gasteiger partial charge is 0.410 e. The molecular weight excluding hydrogens is 738 g/mol. The number of benzene rings is 1. The lowest BCUT2D eigenvalue weighted by atomic mass is 9.92. The van der Waals surface area contributed by atoms with Gasteiger partial charge < -0.3 is 25.2 Å². The fourth-order valence-electron chi connectivity index (χ4n) is 7.60. The number of hydrogen-bond donors (Lipinski definition) is 3. The van der Waals surface area contributed by atoms with E-state index in [1.54, 1.807) is 0 Å². The average molecular weight is 791 g/mol.